The highest BCUT2D eigenvalue weighted by Crippen LogP contribution is 2.35. The number of hydrogen-bond donors (Lipinski definition) is 0. The van der Waals surface area contributed by atoms with E-state index in [1.165, 1.54) is 0 Å². The summed E-state index contributed by atoms with van der Waals surface area (Å²) in [6.45, 7) is -0.377. The van der Waals surface area contributed by atoms with E-state index in [2.05, 4.69) is 9.47 Å². The van der Waals surface area contributed by atoms with Gasteiger partial charge in [-0.05, 0) is 6.42 Å². The summed E-state index contributed by atoms with van der Waals surface area (Å²) in [5, 5.41) is 0. The van der Waals surface area contributed by atoms with Crippen LogP contribution in [0.2, 0.25) is 0 Å². The largest absolute Gasteiger partial charge is 0.508 e. The van der Waals surface area contributed by atoms with Crippen molar-refractivity contribution in [1.29, 1.82) is 0 Å². The fourth-order valence-corrected chi connectivity index (χ4v) is 0.809. The lowest BCUT2D eigenvalue weighted by atomic mass is 10.2. The van der Waals surface area contributed by atoms with Gasteiger partial charge in [-0.25, -0.2) is 9.18 Å². The van der Waals surface area contributed by atoms with E-state index >= 15 is 0 Å². The molecule has 3 nitrogen and oxygen atoms in total. The van der Waals surface area contributed by atoms with E-state index in [-0.39, 0.29) is 6.61 Å². The summed E-state index contributed by atoms with van der Waals surface area (Å²) in [6.07, 6.45) is -10.6. The minimum absolute atomic E-state index is 0.112. The summed E-state index contributed by atoms with van der Waals surface area (Å²) < 4.78 is 80.6. The first-order valence-corrected chi connectivity index (χ1v) is 4.99. The Kier molecular flexibility index (Phi) is 6.27. The van der Waals surface area contributed by atoms with Gasteiger partial charge in [0.25, 0.3) is 6.17 Å². The molecule has 0 spiro atoms. The highest BCUT2D eigenvalue weighted by molar-refractivity contribution is 5.59. The lowest BCUT2D eigenvalue weighted by molar-refractivity contribution is -0.252. The smallest absolute Gasteiger partial charge is 0.434 e. The third-order valence-electron chi connectivity index (χ3n) is 1.76. The van der Waals surface area contributed by atoms with Gasteiger partial charge in [0.05, 0.1) is 6.61 Å². The molecule has 108 valence electrons. The summed E-state index contributed by atoms with van der Waals surface area (Å²) in [5.74, 6) is -4.85. The summed E-state index contributed by atoms with van der Waals surface area (Å²) in [4.78, 5) is 10.7. The van der Waals surface area contributed by atoms with Crippen LogP contribution in [0.1, 0.15) is 19.8 Å². The Morgan fingerprint density at radius 2 is 1.72 bits per heavy atom. The van der Waals surface area contributed by atoms with Crippen LogP contribution in [-0.4, -0.2) is 37.6 Å². The molecule has 9 heteroatoms. The fraction of sp³-hybridized carbons (Fsp3) is 0.889. The van der Waals surface area contributed by atoms with Gasteiger partial charge in [-0.3, -0.25) is 0 Å². The zero-order chi connectivity index (χ0) is 14.4. The number of alkyl halides is 6. The highest BCUT2D eigenvalue weighted by atomic mass is 19.4. The Labute approximate surface area is 99.0 Å². The summed E-state index contributed by atoms with van der Waals surface area (Å²) in [5.41, 5.74) is 0. The second kappa shape index (κ2) is 6.69. The van der Waals surface area contributed by atoms with Gasteiger partial charge in [-0.1, -0.05) is 13.3 Å². The van der Waals surface area contributed by atoms with Gasteiger partial charge in [0.15, 0.2) is 6.61 Å². The normalized spacial score (nSPS) is 14.2. The molecule has 0 rings (SSSR count). The molecular weight excluding hydrogens is 270 g/mol. The Hall–Kier alpha value is -1.15. The van der Waals surface area contributed by atoms with Crippen LogP contribution in [0.5, 0.6) is 0 Å². The first-order valence-electron chi connectivity index (χ1n) is 4.99. The number of carbonyl (C=O) groups excluding carboxylic acids is 1. The van der Waals surface area contributed by atoms with Gasteiger partial charge in [0.1, 0.15) is 0 Å². The lowest BCUT2D eigenvalue weighted by Gasteiger charge is -2.21. The number of carbonyl (C=O) groups is 1. The van der Waals surface area contributed by atoms with Crippen LogP contribution in [0.4, 0.5) is 31.1 Å². The molecule has 0 amide bonds. The maximum Gasteiger partial charge on any atom is 0.508 e. The van der Waals surface area contributed by atoms with Crippen molar-refractivity contribution in [2.75, 3.05) is 13.2 Å². The van der Waals surface area contributed by atoms with Crippen LogP contribution in [0, 0.1) is 0 Å². The Morgan fingerprint density at radius 3 is 2.17 bits per heavy atom. The van der Waals surface area contributed by atoms with E-state index < -0.39 is 31.0 Å². The van der Waals surface area contributed by atoms with Crippen molar-refractivity contribution in [2.45, 2.75) is 38.0 Å². The van der Waals surface area contributed by atoms with E-state index in [0.29, 0.717) is 12.8 Å². The van der Waals surface area contributed by atoms with Crippen molar-refractivity contribution < 1.29 is 40.6 Å². The molecule has 0 saturated heterocycles. The van der Waals surface area contributed by atoms with Crippen molar-refractivity contribution >= 4 is 6.16 Å². The number of ether oxygens (including phenoxy) is 2. The van der Waals surface area contributed by atoms with Crippen LogP contribution >= 0.6 is 0 Å². The molecule has 0 bridgehead atoms. The monoisotopic (exact) mass is 282 g/mol. The molecule has 0 aromatic rings. The van der Waals surface area contributed by atoms with Gasteiger partial charge in [0, 0.05) is 0 Å². The predicted molar refractivity (Wildman–Crippen MR) is 48.1 cm³/mol. The Balaban J connectivity index is 4.14. The van der Waals surface area contributed by atoms with Crippen molar-refractivity contribution in [2.24, 2.45) is 0 Å². The molecule has 0 N–H and O–H groups in total. The average Bonchev–Trinajstić information content (AvgIpc) is 2.24. The molecule has 1 atom stereocenters. The third kappa shape index (κ3) is 5.97. The SMILES string of the molecule is CCCCOC(=O)OCC(F)(F)C(F)C(F)(F)F. The molecule has 18 heavy (non-hydrogen) atoms. The van der Waals surface area contributed by atoms with Crippen molar-refractivity contribution in [3.63, 3.8) is 0 Å². The molecule has 0 aromatic carbocycles. The van der Waals surface area contributed by atoms with Crippen molar-refractivity contribution in [3.05, 3.63) is 0 Å². The van der Waals surface area contributed by atoms with E-state index in [1.807, 2.05) is 0 Å². The number of unbranched alkanes of at least 4 members (excludes halogenated alkanes) is 1. The Bertz CT molecular complexity index is 266. The van der Waals surface area contributed by atoms with Gasteiger partial charge < -0.3 is 9.47 Å². The zero-order valence-corrected chi connectivity index (χ0v) is 9.40. The van der Waals surface area contributed by atoms with Crippen LogP contribution in [0.3, 0.4) is 0 Å². The molecule has 1 unspecified atom stereocenters. The molecule has 0 aliphatic rings. The summed E-state index contributed by atoms with van der Waals surface area (Å²) >= 11 is 0. The summed E-state index contributed by atoms with van der Waals surface area (Å²) in [7, 11) is 0. The molecule has 0 aliphatic carbocycles. The lowest BCUT2D eigenvalue weighted by Crippen LogP contribution is -2.45. The molecule has 0 aliphatic heterocycles. The molecule has 0 radical (unpaired) electrons. The average molecular weight is 282 g/mol. The minimum Gasteiger partial charge on any atom is -0.434 e. The zero-order valence-electron chi connectivity index (χ0n) is 9.40. The quantitative estimate of drug-likeness (QED) is 0.425. The summed E-state index contributed by atoms with van der Waals surface area (Å²) in [6, 6.07) is 0. The van der Waals surface area contributed by atoms with Gasteiger partial charge in [0.2, 0.25) is 0 Å². The van der Waals surface area contributed by atoms with Gasteiger partial charge >= 0.3 is 18.3 Å². The maximum absolute atomic E-state index is 12.6. The maximum atomic E-state index is 12.6. The van der Waals surface area contributed by atoms with Crippen LogP contribution in [-0.2, 0) is 9.47 Å². The van der Waals surface area contributed by atoms with Crippen molar-refractivity contribution in [1.82, 2.24) is 0 Å². The molecule has 0 fully saturated rings. The third-order valence-corrected chi connectivity index (χ3v) is 1.76. The standard InChI is InChI=1S/C9H12F6O3/c1-2-3-4-17-7(16)18-5-8(11,12)6(10)9(13,14)15/h6H,2-5H2,1H3. The molecular formula is C9H12F6O3. The fourth-order valence-electron chi connectivity index (χ4n) is 0.809. The van der Waals surface area contributed by atoms with Crippen LogP contribution < -0.4 is 0 Å². The van der Waals surface area contributed by atoms with Gasteiger partial charge in [-0.2, -0.15) is 22.0 Å². The van der Waals surface area contributed by atoms with Crippen LogP contribution in [0.15, 0.2) is 0 Å². The van der Waals surface area contributed by atoms with E-state index in [9.17, 15) is 31.1 Å². The minimum atomic E-state index is -5.72. The predicted octanol–water partition coefficient (Wildman–Crippen LogP) is 3.48. The second-order valence-corrected chi connectivity index (χ2v) is 3.41. The van der Waals surface area contributed by atoms with Gasteiger partial charge in [-0.15, -0.1) is 0 Å². The molecule has 0 heterocycles. The topological polar surface area (TPSA) is 35.5 Å². The highest BCUT2D eigenvalue weighted by Gasteiger charge is 2.57. The number of hydrogen-bond acceptors (Lipinski definition) is 3. The second-order valence-electron chi connectivity index (χ2n) is 3.41. The Morgan fingerprint density at radius 1 is 1.17 bits per heavy atom. The molecule has 0 aromatic heterocycles. The first-order chi connectivity index (χ1) is 8.11. The number of rotatable bonds is 6. The van der Waals surface area contributed by atoms with E-state index in [1.54, 1.807) is 6.92 Å². The number of halogens is 6. The van der Waals surface area contributed by atoms with E-state index in [0.717, 1.165) is 0 Å². The van der Waals surface area contributed by atoms with Crippen LogP contribution in [0.25, 0.3) is 0 Å². The van der Waals surface area contributed by atoms with E-state index in [4.69, 9.17) is 0 Å². The van der Waals surface area contributed by atoms with Crippen molar-refractivity contribution in [3.8, 4) is 0 Å². The molecule has 0 saturated carbocycles. The first kappa shape index (κ1) is 16.9.